The second-order valence-corrected chi connectivity index (χ2v) is 7.02. The van der Waals surface area contributed by atoms with Gasteiger partial charge in [-0.2, -0.15) is 0 Å². The maximum Gasteiger partial charge on any atom is 0.220 e. The van der Waals surface area contributed by atoms with Gasteiger partial charge in [0.05, 0.1) is 26.4 Å². The number of hydrogen-bond donors (Lipinski definition) is 2. The molecule has 0 aromatic heterocycles. The van der Waals surface area contributed by atoms with E-state index in [-0.39, 0.29) is 37.4 Å². The molecule has 1 aromatic rings. The fourth-order valence-corrected chi connectivity index (χ4v) is 3.82. The van der Waals surface area contributed by atoms with Gasteiger partial charge in [0, 0.05) is 13.3 Å². The number of nitrogens with one attached hydrogen (secondary N) is 1. The summed E-state index contributed by atoms with van der Waals surface area (Å²) in [5.74, 6) is -0.685. The minimum Gasteiger partial charge on any atom is -0.497 e. The Balaban J connectivity index is 1.53. The topological polar surface area (TPSA) is 89.5 Å². The number of amides is 1. The Bertz CT molecular complexity index is 719. The fourth-order valence-electron chi connectivity index (χ4n) is 3.82. The van der Waals surface area contributed by atoms with Crippen LogP contribution in [-0.4, -0.2) is 54.4 Å². The second kappa shape index (κ2) is 6.35. The van der Waals surface area contributed by atoms with E-state index in [9.17, 15) is 9.90 Å². The molecule has 2 fully saturated rings. The summed E-state index contributed by atoms with van der Waals surface area (Å²) in [5.41, 5.74) is -0.424. The van der Waals surface area contributed by atoms with Gasteiger partial charge in [-0.15, -0.1) is 0 Å². The molecule has 2 aliphatic heterocycles. The van der Waals surface area contributed by atoms with Crippen molar-refractivity contribution < 1.29 is 28.8 Å². The SMILES string of the molecule is COc1ccc(CO[C@]23C=C[C@@H]4O[C@@H]4[C@@]2(O)C[C@H](NC(C)=O)CO3)cc1. The van der Waals surface area contributed by atoms with Crippen LogP contribution in [0.3, 0.4) is 0 Å². The summed E-state index contributed by atoms with van der Waals surface area (Å²) < 4.78 is 22.8. The summed E-state index contributed by atoms with van der Waals surface area (Å²) in [4.78, 5) is 11.4. The van der Waals surface area contributed by atoms with Gasteiger partial charge in [0.25, 0.3) is 0 Å². The van der Waals surface area contributed by atoms with Crippen LogP contribution in [0.4, 0.5) is 0 Å². The molecule has 0 spiro atoms. The van der Waals surface area contributed by atoms with E-state index < -0.39 is 11.4 Å². The van der Waals surface area contributed by atoms with Crippen molar-refractivity contribution in [1.29, 1.82) is 0 Å². The van der Waals surface area contributed by atoms with Crippen molar-refractivity contribution in [3.05, 3.63) is 42.0 Å². The number of aliphatic hydroxyl groups is 1. The summed E-state index contributed by atoms with van der Waals surface area (Å²) in [6, 6.07) is 7.23. The van der Waals surface area contributed by atoms with Crippen molar-refractivity contribution in [3.63, 3.8) is 0 Å². The molecule has 5 atom stereocenters. The van der Waals surface area contributed by atoms with Crippen LogP contribution in [0.2, 0.25) is 0 Å². The third-order valence-electron chi connectivity index (χ3n) is 5.18. The number of hydrogen-bond acceptors (Lipinski definition) is 6. The van der Waals surface area contributed by atoms with Crippen LogP contribution in [0.15, 0.2) is 36.4 Å². The minimum absolute atomic E-state index is 0.127. The Morgan fingerprint density at radius 3 is 2.85 bits per heavy atom. The van der Waals surface area contributed by atoms with Gasteiger partial charge in [0.15, 0.2) is 5.60 Å². The Morgan fingerprint density at radius 2 is 2.15 bits per heavy atom. The van der Waals surface area contributed by atoms with E-state index in [1.54, 1.807) is 13.2 Å². The molecule has 2 saturated heterocycles. The molecule has 2 N–H and O–H groups in total. The molecule has 0 radical (unpaired) electrons. The summed E-state index contributed by atoms with van der Waals surface area (Å²) in [5, 5.41) is 14.2. The molecule has 0 saturated carbocycles. The average molecular weight is 361 g/mol. The normalized spacial score (nSPS) is 37.4. The molecular formula is C19H23NO6. The van der Waals surface area contributed by atoms with Crippen LogP contribution in [0.25, 0.3) is 0 Å². The fraction of sp³-hybridized carbons (Fsp3) is 0.526. The quantitative estimate of drug-likeness (QED) is 0.598. The van der Waals surface area contributed by atoms with Gasteiger partial charge in [-0.05, 0) is 23.8 Å². The zero-order chi connectivity index (χ0) is 18.4. The van der Waals surface area contributed by atoms with Crippen LogP contribution in [-0.2, 0) is 25.6 Å². The van der Waals surface area contributed by atoms with Crippen LogP contribution in [0.5, 0.6) is 5.75 Å². The molecule has 7 heteroatoms. The Morgan fingerprint density at radius 1 is 1.38 bits per heavy atom. The summed E-state index contributed by atoms with van der Waals surface area (Å²) in [7, 11) is 1.62. The van der Waals surface area contributed by atoms with Gasteiger partial charge in [0.2, 0.25) is 11.7 Å². The van der Waals surface area contributed by atoms with Crippen LogP contribution < -0.4 is 10.1 Å². The van der Waals surface area contributed by atoms with Crippen molar-refractivity contribution in [1.82, 2.24) is 5.32 Å². The lowest BCUT2D eigenvalue weighted by Crippen LogP contribution is -2.68. The molecule has 0 bridgehead atoms. The van der Waals surface area contributed by atoms with Gasteiger partial charge < -0.3 is 29.4 Å². The largest absolute Gasteiger partial charge is 0.497 e. The van der Waals surface area contributed by atoms with E-state index in [2.05, 4.69) is 5.32 Å². The lowest BCUT2D eigenvalue weighted by atomic mass is 9.76. The summed E-state index contributed by atoms with van der Waals surface area (Å²) in [6.45, 7) is 1.97. The zero-order valence-electron chi connectivity index (χ0n) is 14.8. The maximum absolute atomic E-state index is 11.4. The minimum atomic E-state index is -1.36. The molecule has 3 aliphatic rings. The highest BCUT2D eigenvalue weighted by Gasteiger charge is 2.69. The Kier molecular flexibility index (Phi) is 4.27. The van der Waals surface area contributed by atoms with E-state index in [0.29, 0.717) is 6.42 Å². The van der Waals surface area contributed by atoms with Crippen molar-refractivity contribution in [2.45, 2.75) is 49.6 Å². The predicted octanol–water partition coefficient (Wildman–Crippen LogP) is 0.901. The van der Waals surface area contributed by atoms with Crippen LogP contribution >= 0.6 is 0 Å². The lowest BCUT2D eigenvalue weighted by molar-refractivity contribution is -0.327. The van der Waals surface area contributed by atoms with Crippen molar-refractivity contribution >= 4 is 5.91 Å². The van der Waals surface area contributed by atoms with Gasteiger partial charge >= 0.3 is 0 Å². The van der Waals surface area contributed by atoms with Crippen LogP contribution in [0.1, 0.15) is 18.9 Å². The van der Waals surface area contributed by atoms with Crippen molar-refractivity contribution in [3.8, 4) is 5.75 Å². The first-order valence-corrected chi connectivity index (χ1v) is 8.71. The highest BCUT2D eigenvalue weighted by atomic mass is 16.7. The first kappa shape index (κ1) is 17.5. The molecule has 1 amide bonds. The monoisotopic (exact) mass is 361 g/mol. The highest BCUT2D eigenvalue weighted by molar-refractivity contribution is 5.73. The number of fused-ring (bicyclic) bond motifs is 3. The molecule has 4 rings (SSSR count). The molecular weight excluding hydrogens is 338 g/mol. The number of rotatable bonds is 5. The van der Waals surface area contributed by atoms with E-state index in [4.69, 9.17) is 18.9 Å². The highest BCUT2D eigenvalue weighted by Crippen LogP contribution is 2.51. The van der Waals surface area contributed by atoms with Gasteiger partial charge in [0.1, 0.15) is 18.0 Å². The number of ether oxygens (including phenoxy) is 4. The number of carbonyl (C=O) groups is 1. The van der Waals surface area contributed by atoms with Crippen molar-refractivity contribution in [2.75, 3.05) is 13.7 Å². The van der Waals surface area contributed by atoms with Gasteiger partial charge in [-0.1, -0.05) is 18.2 Å². The first-order valence-electron chi connectivity index (χ1n) is 8.71. The van der Waals surface area contributed by atoms with Crippen molar-refractivity contribution in [2.24, 2.45) is 0 Å². The van der Waals surface area contributed by atoms with E-state index in [0.717, 1.165) is 11.3 Å². The van der Waals surface area contributed by atoms with Gasteiger partial charge in [-0.3, -0.25) is 4.79 Å². The molecule has 7 nitrogen and oxygen atoms in total. The summed E-state index contributed by atoms with van der Waals surface area (Å²) in [6.07, 6.45) is 3.40. The molecule has 1 aliphatic carbocycles. The third kappa shape index (κ3) is 2.91. The molecule has 1 aromatic carbocycles. The molecule has 140 valence electrons. The Hall–Kier alpha value is -1.93. The smallest absolute Gasteiger partial charge is 0.220 e. The Labute approximate surface area is 151 Å². The number of benzene rings is 1. The molecule has 0 unspecified atom stereocenters. The zero-order valence-corrected chi connectivity index (χ0v) is 14.8. The lowest BCUT2D eigenvalue weighted by Gasteiger charge is -2.50. The van der Waals surface area contributed by atoms with Gasteiger partial charge in [-0.25, -0.2) is 0 Å². The second-order valence-electron chi connectivity index (χ2n) is 7.02. The first-order chi connectivity index (χ1) is 12.5. The number of carbonyl (C=O) groups excluding carboxylic acids is 1. The number of methoxy groups -OCH3 is 1. The third-order valence-corrected chi connectivity index (χ3v) is 5.18. The maximum atomic E-state index is 11.4. The predicted molar refractivity (Wildman–Crippen MR) is 91.4 cm³/mol. The van der Waals surface area contributed by atoms with E-state index >= 15 is 0 Å². The summed E-state index contributed by atoms with van der Waals surface area (Å²) >= 11 is 0. The standard InChI is InChI=1S/C19H23NO6/c1-12(21)20-14-9-18(22)17-16(26-17)7-8-19(18,25-11-14)24-10-13-3-5-15(23-2)6-4-13/h3-8,14,16-17,22H,9-11H2,1-2H3,(H,20,21)/t14-,16-,17-,18-,19-/m0/s1. The number of epoxide rings is 1. The van der Waals surface area contributed by atoms with E-state index in [1.807, 2.05) is 30.3 Å². The van der Waals surface area contributed by atoms with E-state index in [1.165, 1.54) is 6.92 Å². The average Bonchev–Trinajstić information content (AvgIpc) is 3.41. The molecule has 2 heterocycles. The van der Waals surface area contributed by atoms with Crippen LogP contribution in [0, 0.1) is 0 Å². The molecule has 26 heavy (non-hydrogen) atoms.